The summed E-state index contributed by atoms with van der Waals surface area (Å²) in [6.07, 6.45) is 0.283. The average Bonchev–Trinajstić information content (AvgIpc) is 2.41. The van der Waals surface area contributed by atoms with Crippen molar-refractivity contribution in [1.82, 2.24) is 0 Å². The number of rotatable bonds is 1. The summed E-state index contributed by atoms with van der Waals surface area (Å²) >= 11 is 5.81. The number of hydrogen-bond donors (Lipinski definition) is 0. The van der Waals surface area contributed by atoms with E-state index >= 15 is 0 Å². The number of halogens is 1. The van der Waals surface area contributed by atoms with E-state index in [9.17, 15) is 9.59 Å². The minimum atomic E-state index is -0.225. The first kappa shape index (κ1) is 10.2. The molecular formula is C11H10ClNO2. The molecule has 0 spiro atoms. The van der Waals surface area contributed by atoms with E-state index in [0.29, 0.717) is 10.7 Å². The van der Waals surface area contributed by atoms with Crippen molar-refractivity contribution < 1.29 is 9.59 Å². The fourth-order valence-corrected chi connectivity index (χ4v) is 1.85. The van der Waals surface area contributed by atoms with Crippen molar-refractivity contribution in [1.29, 1.82) is 0 Å². The van der Waals surface area contributed by atoms with Gasteiger partial charge in [0.1, 0.15) is 0 Å². The number of hydrogen-bond acceptors (Lipinski definition) is 2. The molecule has 2 rings (SSSR count). The first-order chi connectivity index (χ1) is 7.09. The second kappa shape index (κ2) is 3.66. The first-order valence-corrected chi connectivity index (χ1v) is 5.10. The SMILES string of the molecule is CC1CC(=O)N(c2cccc(Cl)c2)C1=O. The fraction of sp³-hybridized carbons (Fsp3) is 0.273. The lowest BCUT2D eigenvalue weighted by Crippen LogP contribution is -2.29. The van der Waals surface area contributed by atoms with Gasteiger partial charge < -0.3 is 0 Å². The molecule has 1 atom stereocenters. The van der Waals surface area contributed by atoms with E-state index in [1.165, 1.54) is 4.90 Å². The molecule has 0 aromatic heterocycles. The minimum absolute atomic E-state index is 0.151. The smallest absolute Gasteiger partial charge is 0.237 e. The zero-order valence-corrected chi connectivity index (χ0v) is 8.99. The molecule has 2 amide bonds. The van der Waals surface area contributed by atoms with Crippen molar-refractivity contribution in [3.8, 4) is 0 Å². The van der Waals surface area contributed by atoms with Gasteiger partial charge in [0.2, 0.25) is 11.8 Å². The second-order valence-corrected chi connectivity index (χ2v) is 4.09. The summed E-state index contributed by atoms with van der Waals surface area (Å²) in [5.41, 5.74) is 0.557. The van der Waals surface area contributed by atoms with Gasteiger partial charge in [-0.15, -0.1) is 0 Å². The number of benzene rings is 1. The van der Waals surface area contributed by atoms with Gasteiger partial charge in [0.05, 0.1) is 5.69 Å². The number of amides is 2. The Hall–Kier alpha value is -1.35. The Morgan fingerprint density at radius 2 is 2.13 bits per heavy atom. The van der Waals surface area contributed by atoms with Gasteiger partial charge in [-0.05, 0) is 18.2 Å². The van der Waals surface area contributed by atoms with Crippen molar-refractivity contribution in [2.24, 2.45) is 5.92 Å². The number of anilines is 1. The van der Waals surface area contributed by atoms with E-state index in [2.05, 4.69) is 0 Å². The molecule has 1 fully saturated rings. The Kier molecular flexibility index (Phi) is 2.49. The van der Waals surface area contributed by atoms with Gasteiger partial charge in [-0.2, -0.15) is 0 Å². The maximum absolute atomic E-state index is 11.7. The highest BCUT2D eigenvalue weighted by Crippen LogP contribution is 2.27. The zero-order valence-electron chi connectivity index (χ0n) is 8.24. The average molecular weight is 224 g/mol. The molecule has 4 heteroatoms. The third-order valence-electron chi connectivity index (χ3n) is 2.44. The zero-order chi connectivity index (χ0) is 11.0. The van der Waals surface area contributed by atoms with E-state index < -0.39 is 0 Å². The Balaban J connectivity index is 2.39. The molecule has 1 aliphatic rings. The third kappa shape index (κ3) is 1.75. The lowest BCUT2D eigenvalue weighted by atomic mass is 10.1. The summed E-state index contributed by atoms with van der Waals surface area (Å²) in [7, 11) is 0. The molecule has 0 saturated carbocycles. The van der Waals surface area contributed by atoms with E-state index in [1.807, 2.05) is 0 Å². The standard InChI is InChI=1S/C11H10ClNO2/c1-7-5-10(14)13(11(7)15)9-4-2-3-8(12)6-9/h2-4,6-7H,5H2,1H3. The van der Waals surface area contributed by atoms with Crippen LogP contribution in [0.3, 0.4) is 0 Å². The summed E-state index contributed by atoms with van der Waals surface area (Å²) in [5, 5.41) is 0.521. The molecule has 1 aromatic carbocycles. The van der Waals surface area contributed by atoms with Crippen molar-refractivity contribution >= 4 is 29.1 Å². The van der Waals surface area contributed by atoms with Gasteiger partial charge >= 0.3 is 0 Å². The third-order valence-corrected chi connectivity index (χ3v) is 2.67. The Morgan fingerprint density at radius 1 is 1.40 bits per heavy atom. The van der Waals surface area contributed by atoms with Crippen LogP contribution in [0.1, 0.15) is 13.3 Å². The van der Waals surface area contributed by atoms with Crippen LogP contribution in [0.15, 0.2) is 24.3 Å². The summed E-state index contributed by atoms with van der Waals surface area (Å²) in [4.78, 5) is 24.5. The highest BCUT2D eigenvalue weighted by molar-refractivity contribution is 6.31. The van der Waals surface area contributed by atoms with Crippen molar-refractivity contribution in [2.45, 2.75) is 13.3 Å². The Bertz CT molecular complexity index is 430. The molecule has 1 unspecified atom stereocenters. The molecule has 1 saturated heterocycles. The molecular weight excluding hydrogens is 214 g/mol. The van der Waals surface area contributed by atoms with Crippen LogP contribution in [0.2, 0.25) is 5.02 Å². The van der Waals surface area contributed by atoms with Crippen LogP contribution in [-0.2, 0) is 9.59 Å². The topological polar surface area (TPSA) is 37.4 Å². The number of carbonyl (C=O) groups excluding carboxylic acids is 2. The molecule has 0 radical (unpaired) electrons. The van der Waals surface area contributed by atoms with Gasteiger partial charge in [0, 0.05) is 17.4 Å². The molecule has 0 aliphatic carbocycles. The van der Waals surface area contributed by atoms with Crippen molar-refractivity contribution in [3.63, 3.8) is 0 Å². The lowest BCUT2D eigenvalue weighted by Gasteiger charge is -2.14. The van der Waals surface area contributed by atoms with Gasteiger partial charge in [0.15, 0.2) is 0 Å². The molecule has 3 nitrogen and oxygen atoms in total. The fourth-order valence-electron chi connectivity index (χ4n) is 1.67. The van der Waals surface area contributed by atoms with Crippen molar-refractivity contribution in [2.75, 3.05) is 4.90 Å². The number of carbonyl (C=O) groups is 2. The molecule has 15 heavy (non-hydrogen) atoms. The number of nitrogens with zero attached hydrogens (tertiary/aromatic N) is 1. The summed E-state index contributed by atoms with van der Waals surface area (Å²) in [6, 6.07) is 6.76. The van der Waals surface area contributed by atoms with Crippen LogP contribution in [-0.4, -0.2) is 11.8 Å². The minimum Gasteiger partial charge on any atom is -0.274 e. The van der Waals surface area contributed by atoms with Crippen LogP contribution >= 0.6 is 11.6 Å². The van der Waals surface area contributed by atoms with Crippen LogP contribution in [0.4, 0.5) is 5.69 Å². The van der Waals surface area contributed by atoms with Crippen LogP contribution < -0.4 is 4.90 Å². The van der Waals surface area contributed by atoms with Crippen LogP contribution in [0.25, 0.3) is 0 Å². The molecule has 78 valence electrons. The monoisotopic (exact) mass is 223 g/mol. The highest BCUT2D eigenvalue weighted by Gasteiger charge is 2.36. The normalized spacial score (nSPS) is 21.2. The Labute approximate surface area is 92.6 Å². The van der Waals surface area contributed by atoms with Gasteiger partial charge in [-0.1, -0.05) is 24.6 Å². The van der Waals surface area contributed by atoms with Gasteiger partial charge in [-0.25, -0.2) is 0 Å². The summed E-state index contributed by atoms with van der Waals surface area (Å²) in [5.74, 6) is -0.534. The van der Waals surface area contributed by atoms with Crippen molar-refractivity contribution in [3.05, 3.63) is 29.3 Å². The van der Waals surface area contributed by atoms with Crippen LogP contribution in [0, 0.1) is 5.92 Å². The second-order valence-electron chi connectivity index (χ2n) is 3.65. The van der Waals surface area contributed by atoms with Gasteiger partial charge in [0.25, 0.3) is 0 Å². The first-order valence-electron chi connectivity index (χ1n) is 4.72. The van der Waals surface area contributed by atoms with E-state index in [0.717, 1.165) is 0 Å². The quantitative estimate of drug-likeness (QED) is 0.685. The predicted molar refractivity (Wildman–Crippen MR) is 57.7 cm³/mol. The number of imide groups is 1. The highest BCUT2D eigenvalue weighted by atomic mass is 35.5. The van der Waals surface area contributed by atoms with E-state index in [-0.39, 0.29) is 24.2 Å². The maximum Gasteiger partial charge on any atom is 0.237 e. The summed E-state index contributed by atoms with van der Waals surface area (Å²) in [6.45, 7) is 1.75. The molecule has 0 bridgehead atoms. The summed E-state index contributed by atoms with van der Waals surface area (Å²) < 4.78 is 0. The maximum atomic E-state index is 11.7. The molecule has 1 aromatic rings. The van der Waals surface area contributed by atoms with E-state index in [4.69, 9.17) is 11.6 Å². The van der Waals surface area contributed by atoms with E-state index in [1.54, 1.807) is 31.2 Å². The predicted octanol–water partition coefficient (Wildman–Crippen LogP) is 2.24. The Morgan fingerprint density at radius 3 is 2.67 bits per heavy atom. The largest absolute Gasteiger partial charge is 0.274 e. The lowest BCUT2D eigenvalue weighted by molar-refractivity contribution is -0.122. The van der Waals surface area contributed by atoms with Crippen LogP contribution in [0.5, 0.6) is 0 Å². The van der Waals surface area contributed by atoms with Gasteiger partial charge in [-0.3, -0.25) is 14.5 Å². The molecule has 0 N–H and O–H groups in total. The molecule has 1 aliphatic heterocycles. The molecule has 1 heterocycles.